The number of aliphatic carboxylic acids is 1. The summed E-state index contributed by atoms with van der Waals surface area (Å²) in [5.74, 6) is -0.908. The van der Waals surface area contributed by atoms with Gasteiger partial charge in [0.2, 0.25) is 5.91 Å². The number of carbonyl (C=O) groups excluding carboxylic acids is 1. The van der Waals surface area contributed by atoms with Gasteiger partial charge in [0.25, 0.3) is 0 Å². The summed E-state index contributed by atoms with van der Waals surface area (Å²) in [5.41, 5.74) is 1.21. The first-order chi connectivity index (χ1) is 9.08. The molecular weight excluding hydrogens is 244 g/mol. The molecule has 2 rings (SSSR count). The van der Waals surface area contributed by atoms with Gasteiger partial charge in [-0.15, -0.1) is 0 Å². The van der Waals surface area contributed by atoms with E-state index >= 15 is 0 Å². The molecule has 5 heteroatoms. The molecule has 0 spiro atoms. The Morgan fingerprint density at radius 1 is 1.47 bits per heavy atom. The van der Waals surface area contributed by atoms with E-state index in [4.69, 9.17) is 5.11 Å². The lowest BCUT2D eigenvalue weighted by Gasteiger charge is -2.21. The second-order valence-electron chi connectivity index (χ2n) is 5.12. The molecule has 1 N–H and O–H groups in total. The molecule has 1 amide bonds. The van der Waals surface area contributed by atoms with Crippen LogP contribution in [0.25, 0.3) is 0 Å². The van der Waals surface area contributed by atoms with Crippen molar-refractivity contribution in [2.24, 2.45) is 7.05 Å². The molecule has 1 saturated heterocycles. The van der Waals surface area contributed by atoms with Crippen molar-refractivity contribution in [3.05, 3.63) is 24.0 Å². The third-order valence-corrected chi connectivity index (χ3v) is 3.61. The summed E-state index contributed by atoms with van der Waals surface area (Å²) in [6.07, 6.45) is 7.46. The highest BCUT2D eigenvalue weighted by Gasteiger charge is 2.33. The summed E-state index contributed by atoms with van der Waals surface area (Å²) in [5, 5.41) is 9.04. The number of hydrogen-bond donors (Lipinski definition) is 1. The molecule has 1 aliphatic heterocycles. The topological polar surface area (TPSA) is 62.5 Å². The van der Waals surface area contributed by atoms with Crippen molar-refractivity contribution in [3.63, 3.8) is 0 Å². The maximum absolute atomic E-state index is 12.0. The van der Waals surface area contributed by atoms with Crippen LogP contribution in [0.5, 0.6) is 0 Å². The molecule has 104 valence electrons. The van der Waals surface area contributed by atoms with Gasteiger partial charge < -0.3 is 14.6 Å². The Bertz CT molecular complexity index is 467. The number of carboxylic acid groups (broad SMARTS) is 1. The van der Waals surface area contributed by atoms with Crippen molar-refractivity contribution < 1.29 is 14.7 Å². The van der Waals surface area contributed by atoms with Crippen LogP contribution in [0.4, 0.5) is 0 Å². The van der Waals surface area contributed by atoms with Crippen molar-refractivity contribution >= 4 is 11.9 Å². The molecule has 5 nitrogen and oxygen atoms in total. The Kier molecular flexibility index (Phi) is 4.24. The van der Waals surface area contributed by atoms with E-state index in [9.17, 15) is 9.59 Å². The molecule has 0 aromatic carbocycles. The predicted octanol–water partition coefficient (Wildman–Crippen LogP) is 1.42. The third kappa shape index (κ3) is 3.36. The van der Waals surface area contributed by atoms with Gasteiger partial charge in [-0.25, -0.2) is 4.79 Å². The summed E-state index contributed by atoms with van der Waals surface area (Å²) in [7, 11) is 1.97. The molecule has 0 aliphatic carbocycles. The lowest BCUT2D eigenvalue weighted by atomic mass is 10.1. The molecule has 0 bridgehead atoms. The lowest BCUT2D eigenvalue weighted by molar-refractivity contribution is -0.148. The van der Waals surface area contributed by atoms with Crippen LogP contribution >= 0.6 is 0 Å². The Labute approximate surface area is 112 Å². The van der Waals surface area contributed by atoms with E-state index in [1.54, 1.807) is 0 Å². The van der Waals surface area contributed by atoms with E-state index in [0.717, 1.165) is 19.3 Å². The summed E-state index contributed by atoms with van der Waals surface area (Å²) in [6, 6.07) is 1.43. The van der Waals surface area contributed by atoms with Crippen LogP contribution < -0.4 is 0 Å². The maximum atomic E-state index is 12.0. The first kappa shape index (κ1) is 13.6. The quantitative estimate of drug-likeness (QED) is 0.875. The standard InChI is InChI=1S/C14H20N2O3/c1-15-9-7-11(10-15)4-2-6-13(17)16-8-3-5-12(16)14(18)19/h7,9-10,12H,2-6,8H2,1H3,(H,18,19). The molecule has 19 heavy (non-hydrogen) atoms. The number of rotatable bonds is 5. The van der Waals surface area contributed by atoms with Crippen molar-refractivity contribution in [1.82, 2.24) is 9.47 Å². The monoisotopic (exact) mass is 264 g/mol. The van der Waals surface area contributed by atoms with E-state index < -0.39 is 12.0 Å². The molecule has 0 saturated carbocycles. The number of aryl methyl sites for hydroxylation is 2. The maximum Gasteiger partial charge on any atom is 0.326 e. The second-order valence-corrected chi connectivity index (χ2v) is 5.12. The molecule has 1 aliphatic rings. The highest BCUT2D eigenvalue weighted by molar-refractivity contribution is 5.84. The summed E-state index contributed by atoms with van der Waals surface area (Å²) in [4.78, 5) is 24.6. The zero-order valence-corrected chi connectivity index (χ0v) is 11.2. The predicted molar refractivity (Wildman–Crippen MR) is 70.7 cm³/mol. The van der Waals surface area contributed by atoms with Crippen LogP contribution in [0.3, 0.4) is 0 Å². The van der Waals surface area contributed by atoms with Crippen molar-refractivity contribution in [1.29, 1.82) is 0 Å². The fourth-order valence-electron chi connectivity index (χ4n) is 2.62. The highest BCUT2D eigenvalue weighted by atomic mass is 16.4. The zero-order valence-electron chi connectivity index (χ0n) is 11.2. The zero-order chi connectivity index (χ0) is 13.8. The molecule has 1 fully saturated rings. The third-order valence-electron chi connectivity index (χ3n) is 3.61. The Hall–Kier alpha value is -1.78. The van der Waals surface area contributed by atoms with Gasteiger partial charge in [-0.05, 0) is 37.3 Å². The first-order valence-electron chi connectivity index (χ1n) is 6.71. The largest absolute Gasteiger partial charge is 0.480 e. The average molecular weight is 264 g/mol. The van der Waals surface area contributed by atoms with Crippen molar-refractivity contribution in [2.75, 3.05) is 6.54 Å². The van der Waals surface area contributed by atoms with E-state index in [1.807, 2.05) is 30.1 Å². The van der Waals surface area contributed by atoms with E-state index in [0.29, 0.717) is 19.4 Å². The molecule has 1 aromatic rings. The number of carboxylic acids is 1. The minimum Gasteiger partial charge on any atom is -0.480 e. The first-order valence-corrected chi connectivity index (χ1v) is 6.71. The van der Waals surface area contributed by atoms with Crippen LogP contribution in [-0.4, -0.2) is 39.0 Å². The average Bonchev–Trinajstić information content (AvgIpc) is 2.97. The van der Waals surface area contributed by atoms with Gasteiger partial charge in [-0.3, -0.25) is 4.79 Å². The number of aromatic nitrogens is 1. The molecular formula is C14H20N2O3. The molecule has 1 atom stereocenters. The van der Waals surface area contributed by atoms with Crippen molar-refractivity contribution in [2.45, 2.75) is 38.1 Å². The van der Waals surface area contributed by atoms with Gasteiger partial charge in [-0.1, -0.05) is 0 Å². The highest BCUT2D eigenvalue weighted by Crippen LogP contribution is 2.19. The fourth-order valence-corrected chi connectivity index (χ4v) is 2.62. The Morgan fingerprint density at radius 3 is 2.89 bits per heavy atom. The Morgan fingerprint density at radius 2 is 2.26 bits per heavy atom. The lowest BCUT2D eigenvalue weighted by Crippen LogP contribution is -2.40. The van der Waals surface area contributed by atoms with Crippen LogP contribution in [0.15, 0.2) is 18.5 Å². The van der Waals surface area contributed by atoms with Crippen LogP contribution in [0.1, 0.15) is 31.2 Å². The number of carbonyl (C=O) groups is 2. The second kappa shape index (κ2) is 5.91. The van der Waals surface area contributed by atoms with E-state index in [-0.39, 0.29) is 5.91 Å². The minimum absolute atomic E-state index is 0.0270. The normalized spacial score (nSPS) is 18.8. The number of hydrogen-bond acceptors (Lipinski definition) is 2. The van der Waals surface area contributed by atoms with E-state index in [1.165, 1.54) is 10.5 Å². The molecule has 2 heterocycles. The fraction of sp³-hybridized carbons (Fsp3) is 0.571. The number of nitrogens with zero attached hydrogens (tertiary/aromatic N) is 2. The van der Waals surface area contributed by atoms with Crippen LogP contribution in [0.2, 0.25) is 0 Å². The number of likely N-dealkylation sites (tertiary alicyclic amines) is 1. The molecule has 1 unspecified atom stereocenters. The molecule has 1 aromatic heterocycles. The van der Waals surface area contributed by atoms with Crippen molar-refractivity contribution in [3.8, 4) is 0 Å². The SMILES string of the molecule is Cn1ccc(CCCC(=O)N2CCCC2C(=O)O)c1. The van der Waals surface area contributed by atoms with Crippen LogP contribution in [0, 0.1) is 0 Å². The van der Waals surface area contributed by atoms with Gasteiger partial charge in [0.15, 0.2) is 0 Å². The van der Waals surface area contributed by atoms with E-state index in [2.05, 4.69) is 0 Å². The summed E-state index contributed by atoms with van der Waals surface area (Å²) < 4.78 is 1.98. The molecule has 0 radical (unpaired) electrons. The van der Waals surface area contributed by atoms with Gasteiger partial charge >= 0.3 is 5.97 Å². The van der Waals surface area contributed by atoms with Crippen LogP contribution in [-0.2, 0) is 23.1 Å². The van der Waals surface area contributed by atoms with Gasteiger partial charge in [-0.2, -0.15) is 0 Å². The van der Waals surface area contributed by atoms with Gasteiger partial charge in [0.05, 0.1) is 0 Å². The number of amides is 1. The van der Waals surface area contributed by atoms with Gasteiger partial charge in [0.1, 0.15) is 6.04 Å². The Balaban J connectivity index is 1.79. The summed E-state index contributed by atoms with van der Waals surface area (Å²) in [6.45, 7) is 0.584. The smallest absolute Gasteiger partial charge is 0.326 e. The van der Waals surface area contributed by atoms with Gasteiger partial charge in [0, 0.05) is 32.4 Å². The summed E-state index contributed by atoms with van der Waals surface area (Å²) >= 11 is 0. The minimum atomic E-state index is -0.881.